The van der Waals surface area contributed by atoms with Gasteiger partial charge in [-0.05, 0) is 38.1 Å². The fourth-order valence-electron chi connectivity index (χ4n) is 2.23. The van der Waals surface area contributed by atoms with E-state index in [4.69, 9.17) is 4.74 Å². The van der Waals surface area contributed by atoms with Gasteiger partial charge in [0, 0.05) is 17.7 Å². The molecule has 0 unspecified atom stereocenters. The lowest BCUT2D eigenvalue weighted by Crippen LogP contribution is -2.21. The molecule has 2 aromatic rings. The standard InChI is InChI=1S/C17H22N2O2/c1-4-9-18-11-13-6-7-15(19-17(13)20)14-10-12(2)5-8-16(14)21-3/h5-8,10,18H,4,9,11H2,1-3H3,(H,19,20). The lowest BCUT2D eigenvalue weighted by atomic mass is 10.1. The Labute approximate surface area is 125 Å². The molecule has 2 rings (SSSR count). The van der Waals surface area contributed by atoms with Gasteiger partial charge in [0.1, 0.15) is 5.75 Å². The average Bonchev–Trinajstić information content (AvgIpc) is 2.49. The van der Waals surface area contributed by atoms with E-state index in [0.29, 0.717) is 6.54 Å². The first-order valence-electron chi connectivity index (χ1n) is 7.23. The van der Waals surface area contributed by atoms with Gasteiger partial charge in [0.05, 0.1) is 12.8 Å². The van der Waals surface area contributed by atoms with Crippen LogP contribution in [0.4, 0.5) is 0 Å². The number of pyridine rings is 1. The molecule has 0 fully saturated rings. The smallest absolute Gasteiger partial charge is 0.252 e. The summed E-state index contributed by atoms with van der Waals surface area (Å²) in [6.07, 6.45) is 1.05. The minimum Gasteiger partial charge on any atom is -0.496 e. The second kappa shape index (κ2) is 7.09. The van der Waals surface area contributed by atoms with Crippen molar-refractivity contribution in [2.45, 2.75) is 26.8 Å². The van der Waals surface area contributed by atoms with E-state index < -0.39 is 0 Å². The second-order valence-corrected chi connectivity index (χ2v) is 5.11. The number of rotatable bonds is 6. The topological polar surface area (TPSA) is 54.1 Å². The molecule has 1 heterocycles. The van der Waals surface area contributed by atoms with Crippen LogP contribution in [0.15, 0.2) is 35.1 Å². The summed E-state index contributed by atoms with van der Waals surface area (Å²) in [4.78, 5) is 15.1. The number of nitrogens with one attached hydrogen (secondary N) is 2. The van der Waals surface area contributed by atoms with Crippen molar-refractivity contribution >= 4 is 0 Å². The molecule has 21 heavy (non-hydrogen) atoms. The highest BCUT2D eigenvalue weighted by Crippen LogP contribution is 2.28. The van der Waals surface area contributed by atoms with E-state index >= 15 is 0 Å². The monoisotopic (exact) mass is 286 g/mol. The van der Waals surface area contributed by atoms with Crippen molar-refractivity contribution < 1.29 is 4.74 Å². The van der Waals surface area contributed by atoms with Gasteiger partial charge in [-0.1, -0.05) is 24.6 Å². The molecule has 112 valence electrons. The number of H-pyrrole nitrogens is 1. The predicted molar refractivity (Wildman–Crippen MR) is 85.8 cm³/mol. The Hall–Kier alpha value is -2.07. The Bertz CT molecular complexity index is 662. The third kappa shape index (κ3) is 3.73. The van der Waals surface area contributed by atoms with Crippen LogP contribution in [0.25, 0.3) is 11.3 Å². The van der Waals surface area contributed by atoms with Gasteiger partial charge < -0.3 is 15.0 Å². The van der Waals surface area contributed by atoms with Gasteiger partial charge in [0.15, 0.2) is 0 Å². The van der Waals surface area contributed by atoms with E-state index in [2.05, 4.69) is 17.2 Å². The SMILES string of the molecule is CCCNCc1ccc(-c2cc(C)ccc2OC)[nH]c1=O. The van der Waals surface area contributed by atoms with E-state index in [0.717, 1.165) is 41.1 Å². The molecule has 0 saturated carbocycles. The van der Waals surface area contributed by atoms with Gasteiger partial charge in [-0.25, -0.2) is 0 Å². The maximum Gasteiger partial charge on any atom is 0.252 e. The van der Waals surface area contributed by atoms with E-state index in [9.17, 15) is 4.79 Å². The van der Waals surface area contributed by atoms with Crippen LogP contribution < -0.4 is 15.6 Å². The fraction of sp³-hybridized carbons (Fsp3) is 0.353. The first kappa shape index (κ1) is 15.3. The number of hydrogen-bond donors (Lipinski definition) is 2. The van der Waals surface area contributed by atoms with Crippen LogP contribution in [0.1, 0.15) is 24.5 Å². The van der Waals surface area contributed by atoms with E-state index in [1.807, 2.05) is 37.3 Å². The van der Waals surface area contributed by atoms with Crippen molar-refractivity contribution in [3.63, 3.8) is 0 Å². The van der Waals surface area contributed by atoms with Crippen LogP contribution in [-0.2, 0) is 6.54 Å². The van der Waals surface area contributed by atoms with E-state index in [1.165, 1.54) is 0 Å². The van der Waals surface area contributed by atoms with Crippen molar-refractivity contribution in [2.75, 3.05) is 13.7 Å². The number of benzene rings is 1. The lowest BCUT2D eigenvalue weighted by molar-refractivity contribution is 0.416. The molecular formula is C17H22N2O2. The van der Waals surface area contributed by atoms with Crippen LogP contribution in [0.5, 0.6) is 5.75 Å². The van der Waals surface area contributed by atoms with Gasteiger partial charge in [0.2, 0.25) is 0 Å². The molecule has 0 amide bonds. The molecular weight excluding hydrogens is 264 g/mol. The molecule has 4 heteroatoms. The van der Waals surface area contributed by atoms with Crippen molar-refractivity contribution in [3.05, 3.63) is 51.8 Å². The number of aromatic nitrogens is 1. The Balaban J connectivity index is 2.32. The highest BCUT2D eigenvalue weighted by Gasteiger charge is 2.08. The maximum atomic E-state index is 12.2. The van der Waals surface area contributed by atoms with E-state index in [1.54, 1.807) is 7.11 Å². The summed E-state index contributed by atoms with van der Waals surface area (Å²) in [5, 5.41) is 3.24. The molecule has 2 N–H and O–H groups in total. The molecule has 0 aliphatic carbocycles. The first-order valence-corrected chi connectivity index (χ1v) is 7.23. The molecule has 0 aliphatic rings. The van der Waals surface area contributed by atoms with Crippen LogP contribution in [0.2, 0.25) is 0 Å². The molecule has 0 atom stereocenters. The third-order valence-corrected chi connectivity index (χ3v) is 3.38. The molecule has 1 aromatic heterocycles. The average molecular weight is 286 g/mol. The molecule has 0 bridgehead atoms. The van der Waals surface area contributed by atoms with Crippen molar-refractivity contribution in [2.24, 2.45) is 0 Å². The summed E-state index contributed by atoms with van der Waals surface area (Å²) in [5.74, 6) is 0.758. The molecule has 0 radical (unpaired) electrons. The van der Waals surface area contributed by atoms with Gasteiger partial charge >= 0.3 is 0 Å². The zero-order valence-corrected chi connectivity index (χ0v) is 12.8. The number of ether oxygens (including phenoxy) is 1. The Morgan fingerprint density at radius 2 is 2.05 bits per heavy atom. The lowest BCUT2D eigenvalue weighted by Gasteiger charge is -2.10. The van der Waals surface area contributed by atoms with Crippen LogP contribution in [0.3, 0.4) is 0 Å². The Morgan fingerprint density at radius 3 is 2.71 bits per heavy atom. The minimum absolute atomic E-state index is 0.0559. The first-order chi connectivity index (χ1) is 10.2. The van der Waals surface area contributed by atoms with Crippen molar-refractivity contribution in [3.8, 4) is 17.0 Å². The molecule has 4 nitrogen and oxygen atoms in total. The molecule has 0 aliphatic heterocycles. The van der Waals surface area contributed by atoms with Crippen molar-refractivity contribution in [1.29, 1.82) is 0 Å². The Morgan fingerprint density at radius 1 is 1.24 bits per heavy atom. The van der Waals surface area contributed by atoms with E-state index in [-0.39, 0.29) is 5.56 Å². The van der Waals surface area contributed by atoms with Gasteiger partial charge in [-0.2, -0.15) is 0 Å². The molecule has 0 saturated heterocycles. The van der Waals surface area contributed by atoms with Crippen LogP contribution >= 0.6 is 0 Å². The summed E-state index contributed by atoms with van der Waals surface area (Å²) in [6, 6.07) is 9.72. The summed E-state index contributed by atoms with van der Waals surface area (Å²) in [6.45, 7) is 5.62. The zero-order valence-electron chi connectivity index (χ0n) is 12.8. The predicted octanol–water partition coefficient (Wildman–Crippen LogP) is 2.86. The summed E-state index contributed by atoms with van der Waals surface area (Å²) >= 11 is 0. The molecule has 1 aromatic carbocycles. The second-order valence-electron chi connectivity index (χ2n) is 5.11. The third-order valence-electron chi connectivity index (χ3n) is 3.38. The van der Waals surface area contributed by atoms with Gasteiger partial charge in [0.25, 0.3) is 5.56 Å². The summed E-state index contributed by atoms with van der Waals surface area (Å²) in [5.41, 5.74) is 3.50. The quantitative estimate of drug-likeness (QED) is 0.803. The normalized spacial score (nSPS) is 10.6. The number of aryl methyl sites for hydroxylation is 1. The maximum absolute atomic E-state index is 12.2. The van der Waals surface area contributed by atoms with Crippen LogP contribution in [-0.4, -0.2) is 18.6 Å². The van der Waals surface area contributed by atoms with Crippen LogP contribution in [0, 0.1) is 6.92 Å². The van der Waals surface area contributed by atoms with Gasteiger partial charge in [-0.15, -0.1) is 0 Å². The Kier molecular flexibility index (Phi) is 5.17. The summed E-state index contributed by atoms with van der Waals surface area (Å²) < 4.78 is 5.37. The highest BCUT2D eigenvalue weighted by molar-refractivity contribution is 5.68. The van der Waals surface area contributed by atoms with Crippen molar-refractivity contribution in [1.82, 2.24) is 10.3 Å². The zero-order chi connectivity index (χ0) is 15.2. The van der Waals surface area contributed by atoms with Gasteiger partial charge in [-0.3, -0.25) is 4.79 Å². The largest absolute Gasteiger partial charge is 0.496 e. The number of hydrogen-bond acceptors (Lipinski definition) is 3. The molecule has 0 spiro atoms. The minimum atomic E-state index is -0.0559. The highest BCUT2D eigenvalue weighted by atomic mass is 16.5. The fourth-order valence-corrected chi connectivity index (χ4v) is 2.23. The number of methoxy groups -OCH3 is 1. The summed E-state index contributed by atoms with van der Waals surface area (Å²) in [7, 11) is 1.63. The number of aromatic amines is 1.